The van der Waals surface area contributed by atoms with Crippen LogP contribution in [0, 0.1) is 0 Å². The van der Waals surface area contributed by atoms with Crippen molar-refractivity contribution in [2.75, 3.05) is 18.1 Å². The zero-order valence-corrected chi connectivity index (χ0v) is 10.5. The van der Waals surface area contributed by atoms with Crippen LogP contribution in [0.5, 0.6) is 0 Å². The number of amides is 3. The van der Waals surface area contributed by atoms with Crippen molar-refractivity contribution in [3.8, 4) is 0 Å². The molecular weight excluding hydrogens is 226 g/mol. The molecule has 3 amide bonds. The molecule has 2 unspecified atom stereocenters. The fourth-order valence-electron chi connectivity index (χ4n) is 1.52. The van der Waals surface area contributed by atoms with Gasteiger partial charge in [-0.1, -0.05) is 0 Å². The van der Waals surface area contributed by atoms with Crippen LogP contribution in [-0.4, -0.2) is 42.1 Å². The van der Waals surface area contributed by atoms with Gasteiger partial charge in [-0.2, -0.15) is 11.8 Å². The van der Waals surface area contributed by atoms with E-state index in [1.54, 1.807) is 6.92 Å². The molecule has 92 valence electrons. The van der Waals surface area contributed by atoms with Crippen molar-refractivity contribution in [2.24, 2.45) is 0 Å². The van der Waals surface area contributed by atoms with Crippen molar-refractivity contribution in [1.82, 2.24) is 16.0 Å². The third kappa shape index (κ3) is 4.40. The molecule has 5 nitrogen and oxygen atoms in total. The van der Waals surface area contributed by atoms with E-state index < -0.39 is 6.03 Å². The van der Waals surface area contributed by atoms with Crippen LogP contribution in [0.1, 0.15) is 20.3 Å². The van der Waals surface area contributed by atoms with Gasteiger partial charge < -0.3 is 10.6 Å². The van der Waals surface area contributed by atoms with Gasteiger partial charge in [0.25, 0.3) is 0 Å². The first-order valence-electron chi connectivity index (χ1n) is 5.56. The second-order valence-electron chi connectivity index (χ2n) is 3.80. The summed E-state index contributed by atoms with van der Waals surface area (Å²) < 4.78 is 0. The van der Waals surface area contributed by atoms with Gasteiger partial charge in [-0.3, -0.25) is 10.1 Å². The first-order valence-corrected chi connectivity index (χ1v) is 6.71. The molecule has 1 saturated heterocycles. The van der Waals surface area contributed by atoms with Gasteiger partial charge in [0.2, 0.25) is 5.91 Å². The second-order valence-corrected chi connectivity index (χ2v) is 4.95. The number of hydrogen-bond acceptors (Lipinski definition) is 4. The van der Waals surface area contributed by atoms with Crippen LogP contribution < -0.4 is 16.0 Å². The van der Waals surface area contributed by atoms with Crippen LogP contribution in [0.15, 0.2) is 0 Å². The lowest BCUT2D eigenvalue weighted by molar-refractivity contribution is -0.121. The Morgan fingerprint density at radius 3 is 2.81 bits per heavy atom. The van der Waals surface area contributed by atoms with Gasteiger partial charge >= 0.3 is 6.03 Å². The first kappa shape index (κ1) is 13.3. The molecule has 0 saturated carbocycles. The SMILES string of the molecule is CCNC(=O)NC(=O)C(C)NC1CCSC1. The maximum Gasteiger partial charge on any atom is 0.321 e. The molecule has 0 bridgehead atoms. The Bertz CT molecular complexity index is 254. The minimum absolute atomic E-state index is 0.275. The topological polar surface area (TPSA) is 70.2 Å². The highest BCUT2D eigenvalue weighted by molar-refractivity contribution is 7.99. The molecule has 0 aromatic rings. The molecule has 1 aliphatic rings. The zero-order chi connectivity index (χ0) is 12.0. The van der Waals surface area contributed by atoms with Gasteiger partial charge in [-0.15, -0.1) is 0 Å². The molecule has 6 heteroatoms. The molecule has 1 rings (SSSR count). The Kier molecular flexibility index (Phi) is 5.62. The van der Waals surface area contributed by atoms with E-state index in [0.717, 1.165) is 17.9 Å². The maximum absolute atomic E-state index is 11.6. The minimum atomic E-state index is -0.429. The average Bonchev–Trinajstić information content (AvgIpc) is 2.70. The zero-order valence-electron chi connectivity index (χ0n) is 9.71. The lowest BCUT2D eigenvalue weighted by Gasteiger charge is -2.17. The predicted octanol–water partition coefficient (Wildman–Crippen LogP) is 0.316. The van der Waals surface area contributed by atoms with Crippen molar-refractivity contribution >= 4 is 23.7 Å². The van der Waals surface area contributed by atoms with Gasteiger partial charge in [0.05, 0.1) is 6.04 Å². The summed E-state index contributed by atoms with van der Waals surface area (Å²) in [4.78, 5) is 22.7. The number of rotatable bonds is 4. The van der Waals surface area contributed by atoms with Crippen molar-refractivity contribution in [2.45, 2.75) is 32.4 Å². The maximum atomic E-state index is 11.6. The molecule has 0 spiro atoms. The van der Waals surface area contributed by atoms with E-state index in [4.69, 9.17) is 0 Å². The van der Waals surface area contributed by atoms with Crippen molar-refractivity contribution in [3.63, 3.8) is 0 Å². The average molecular weight is 245 g/mol. The van der Waals surface area contributed by atoms with E-state index in [1.807, 2.05) is 18.7 Å². The molecule has 3 N–H and O–H groups in total. The van der Waals surface area contributed by atoms with E-state index in [1.165, 1.54) is 0 Å². The van der Waals surface area contributed by atoms with Gasteiger partial charge in [-0.05, 0) is 26.0 Å². The third-order valence-corrected chi connectivity index (χ3v) is 3.55. The number of carbonyl (C=O) groups excluding carboxylic acids is 2. The fraction of sp³-hybridized carbons (Fsp3) is 0.800. The van der Waals surface area contributed by atoms with E-state index in [0.29, 0.717) is 12.6 Å². The summed E-state index contributed by atoms with van der Waals surface area (Å²) in [5.41, 5.74) is 0. The molecule has 0 aromatic heterocycles. The van der Waals surface area contributed by atoms with Crippen LogP contribution in [0.25, 0.3) is 0 Å². The normalized spacial score (nSPS) is 21.5. The van der Waals surface area contributed by atoms with Gasteiger partial charge in [0.15, 0.2) is 0 Å². The second kappa shape index (κ2) is 6.75. The van der Waals surface area contributed by atoms with Crippen LogP contribution in [-0.2, 0) is 4.79 Å². The smallest absolute Gasteiger partial charge is 0.321 e. The van der Waals surface area contributed by atoms with Gasteiger partial charge in [-0.25, -0.2) is 4.79 Å². The number of hydrogen-bond donors (Lipinski definition) is 3. The molecule has 1 heterocycles. The molecule has 1 fully saturated rings. The molecule has 0 radical (unpaired) electrons. The molecule has 16 heavy (non-hydrogen) atoms. The summed E-state index contributed by atoms with van der Waals surface area (Å²) >= 11 is 1.88. The Hall–Kier alpha value is -0.750. The highest BCUT2D eigenvalue weighted by Crippen LogP contribution is 2.17. The van der Waals surface area contributed by atoms with Crippen LogP contribution in [0.2, 0.25) is 0 Å². The highest BCUT2D eigenvalue weighted by atomic mass is 32.2. The lowest BCUT2D eigenvalue weighted by atomic mass is 10.2. The summed E-state index contributed by atoms with van der Waals surface area (Å²) in [6.07, 6.45) is 1.09. The number of urea groups is 1. The molecule has 2 atom stereocenters. The molecule has 0 aromatic carbocycles. The van der Waals surface area contributed by atoms with E-state index in [-0.39, 0.29) is 11.9 Å². The summed E-state index contributed by atoms with van der Waals surface area (Å²) in [7, 11) is 0. The van der Waals surface area contributed by atoms with Crippen molar-refractivity contribution < 1.29 is 9.59 Å². The third-order valence-electron chi connectivity index (χ3n) is 2.38. The Morgan fingerprint density at radius 2 is 2.25 bits per heavy atom. The summed E-state index contributed by atoms with van der Waals surface area (Å²) in [5.74, 6) is 1.91. The number of carbonyl (C=O) groups is 2. The first-order chi connectivity index (χ1) is 7.63. The van der Waals surface area contributed by atoms with Crippen LogP contribution in [0.4, 0.5) is 4.79 Å². The summed E-state index contributed by atoms with van der Waals surface area (Å²) in [5, 5.41) is 8.03. The quantitative estimate of drug-likeness (QED) is 0.667. The minimum Gasteiger partial charge on any atom is -0.338 e. The van der Waals surface area contributed by atoms with Crippen LogP contribution >= 0.6 is 11.8 Å². The lowest BCUT2D eigenvalue weighted by Crippen LogP contribution is -2.50. The highest BCUT2D eigenvalue weighted by Gasteiger charge is 2.21. The summed E-state index contributed by atoms with van der Waals surface area (Å²) in [6, 6.07) is -0.367. The number of nitrogens with one attached hydrogen (secondary N) is 3. The van der Waals surface area contributed by atoms with Gasteiger partial charge in [0, 0.05) is 18.3 Å². The van der Waals surface area contributed by atoms with E-state index >= 15 is 0 Å². The Labute approximate surface area is 100 Å². The van der Waals surface area contributed by atoms with Crippen molar-refractivity contribution in [3.05, 3.63) is 0 Å². The molecule has 0 aliphatic carbocycles. The Morgan fingerprint density at radius 1 is 1.50 bits per heavy atom. The standard InChI is InChI=1S/C10H19N3O2S/c1-3-11-10(15)13-9(14)7(2)12-8-4-5-16-6-8/h7-8,12H,3-6H2,1-2H3,(H2,11,13,14,15). The summed E-state index contributed by atoms with van der Waals surface area (Å²) in [6.45, 7) is 4.10. The predicted molar refractivity (Wildman–Crippen MR) is 65.5 cm³/mol. The number of imide groups is 1. The number of thioether (sulfide) groups is 1. The Balaban J connectivity index is 2.26. The van der Waals surface area contributed by atoms with Crippen molar-refractivity contribution in [1.29, 1.82) is 0 Å². The van der Waals surface area contributed by atoms with Crippen LogP contribution in [0.3, 0.4) is 0 Å². The van der Waals surface area contributed by atoms with Gasteiger partial charge in [0.1, 0.15) is 0 Å². The fourth-order valence-corrected chi connectivity index (χ4v) is 2.69. The molecule has 1 aliphatic heterocycles. The molecular formula is C10H19N3O2S. The monoisotopic (exact) mass is 245 g/mol. The van der Waals surface area contributed by atoms with E-state index in [2.05, 4.69) is 16.0 Å². The van der Waals surface area contributed by atoms with E-state index in [9.17, 15) is 9.59 Å². The largest absolute Gasteiger partial charge is 0.338 e.